The number of rotatable bonds is 6. The van der Waals surface area contributed by atoms with Crippen molar-refractivity contribution in [2.45, 2.75) is 19.4 Å². The van der Waals surface area contributed by atoms with Crippen molar-refractivity contribution in [2.75, 3.05) is 13.7 Å². The van der Waals surface area contributed by atoms with E-state index in [9.17, 15) is 0 Å². The molecule has 0 aliphatic carbocycles. The lowest BCUT2D eigenvalue weighted by molar-refractivity contribution is 0.204. The van der Waals surface area contributed by atoms with E-state index in [0.717, 1.165) is 12.0 Å². The summed E-state index contributed by atoms with van der Waals surface area (Å²) in [5.41, 5.74) is 7.92. The van der Waals surface area contributed by atoms with Crippen LogP contribution in [0.3, 0.4) is 0 Å². The Hall–Kier alpha value is -1.71. The Kier molecular flexibility index (Phi) is 5.48. The van der Waals surface area contributed by atoms with E-state index in [1.807, 2.05) is 42.5 Å². The van der Waals surface area contributed by atoms with Crippen molar-refractivity contribution in [3.8, 4) is 11.5 Å². The number of aryl methyl sites for hydroxylation is 1. The molecule has 1 unspecified atom stereocenters. The molecule has 2 aromatic carbocycles. The van der Waals surface area contributed by atoms with E-state index >= 15 is 0 Å². The number of hydrogen-bond acceptors (Lipinski definition) is 3. The third-order valence-electron chi connectivity index (χ3n) is 3.37. The van der Waals surface area contributed by atoms with Crippen molar-refractivity contribution in [3.05, 3.63) is 58.6 Å². The topological polar surface area (TPSA) is 44.5 Å². The van der Waals surface area contributed by atoms with Gasteiger partial charge in [0.15, 0.2) is 11.5 Å². The zero-order valence-corrected chi connectivity index (χ0v) is 13.1. The highest BCUT2D eigenvalue weighted by molar-refractivity contribution is 6.31. The summed E-state index contributed by atoms with van der Waals surface area (Å²) >= 11 is 6.22. The fourth-order valence-electron chi connectivity index (χ4n) is 2.16. The van der Waals surface area contributed by atoms with Crippen molar-refractivity contribution in [2.24, 2.45) is 5.73 Å². The Morgan fingerprint density at radius 1 is 1.14 bits per heavy atom. The van der Waals surface area contributed by atoms with E-state index in [-0.39, 0.29) is 6.10 Å². The quantitative estimate of drug-likeness (QED) is 0.877. The Labute approximate surface area is 130 Å². The smallest absolute Gasteiger partial charge is 0.162 e. The van der Waals surface area contributed by atoms with Gasteiger partial charge in [0.25, 0.3) is 0 Å². The SMILES string of the molecule is CCc1ccc(OC(CN)c2ccccc2Cl)c(OC)c1. The monoisotopic (exact) mass is 305 g/mol. The first-order chi connectivity index (χ1) is 10.2. The second-order valence-electron chi connectivity index (χ2n) is 4.70. The Morgan fingerprint density at radius 2 is 1.90 bits per heavy atom. The number of hydrogen-bond donors (Lipinski definition) is 1. The van der Waals surface area contributed by atoms with Crippen LogP contribution in [0.2, 0.25) is 5.02 Å². The molecule has 0 radical (unpaired) electrons. The third kappa shape index (κ3) is 3.69. The third-order valence-corrected chi connectivity index (χ3v) is 3.72. The molecule has 0 heterocycles. The summed E-state index contributed by atoms with van der Waals surface area (Å²) in [7, 11) is 1.63. The number of nitrogens with two attached hydrogens (primary N) is 1. The molecule has 4 heteroatoms. The first-order valence-electron chi connectivity index (χ1n) is 6.97. The zero-order valence-electron chi connectivity index (χ0n) is 12.3. The molecule has 2 aromatic rings. The molecular formula is C17H20ClNO2. The average Bonchev–Trinajstić information content (AvgIpc) is 2.53. The van der Waals surface area contributed by atoms with E-state index in [0.29, 0.717) is 23.1 Å². The van der Waals surface area contributed by atoms with E-state index in [1.165, 1.54) is 5.56 Å². The highest BCUT2D eigenvalue weighted by Crippen LogP contribution is 2.33. The fourth-order valence-corrected chi connectivity index (χ4v) is 2.41. The first kappa shape index (κ1) is 15.7. The van der Waals surface area contributed by atoms with Crippen molar-refractivity contribution in [1.82, 2.24) is 0 Å². The van der Waals surface area contributed by atoms with Gasteiger partial charge in [-0.2, -0.15) is 0 Å². The number of methoxy groups -OCH3 is 1. The Morgan fingerprint density at radius 3 is 2.52 bits per heavy atom. The largest absolute Gasteiger partial charge is 0.493 e. The lowest BCUT2D eigenvalue weighted by Gasteiger charge is -2.20. The highest BCUT2D eigenvalue weighted by Gasteiger charge is 2.17. The molecule has 0 saturated heterocycles. The summed E-state index contributed by atoms with van der Waals surface area (Å²) in [4.78, 5) is 0. The molecule has 0 fully saturated rings. The maximum atomic E-state index is 6.22. The van der Waals surface area contributed by atoms with Crippen molar-refractivity contribution in [3.63, 3.8) is 0 Å². The standard InChI is InChI=1S/C17H20ClNO2/c1-3-12-8-9-15(16(10-12)20-2)21-17(11-19)13-6-4-5-7-14(13)18/h4-10,17H,3,11,19H2,1-2H3. The normalized spacial score (nSPS) is 12.0. The van der Waals surface area contributed by atoms with Gasteiger partial charge in [0.2, 0.25) is 0 Å². The number of benzene rings is 2. The van der Waals surface area contributed by atoms with E-state index in [4.69, 9.17) is 26.8 Å². The zero-order chi connectivity index (χ0) is 15.2. The second-order valence-corrected chi connectivity index (χ2v) is 5.11. The summed E-state index contributed by atoms with van der Waals surface area (Å²) < 4.78 is 11.4. The van der Waals surface area contributed by atoms with Crippen LogP contribution in [0.25, 0.3) is 0 Å². The minimum absolute atomic E-state index is 0.305. The van der Waals surface area contributed by atoms with Crippen LogP contribution in [0.4, 0.5) is 0 Å². The van der Waals surface area contributed by atoms with E-state index in [1.54, 1.807) is 7.11 Å². The predicted molar refractivity (Wildman–Crippen MR) is 86.2 cm³/mol. The van der Waals surface area contributed by atoms with Crippen LogP contribution in [0.15, 0.2) is 42.5 Å². The van der Waals surface area contributed by atoms with Gasteiger partial charge in [0.1, 0.15) is 6.10 Å². The Balaban J connectivity index is 2.29. The summed E-state index contributed by atoms with van der Waals surface area (Å²) in [6.07, 6.45) is 0.640. The molecule has 3 nitrogen and oxygen atoms in total. The second kappa shape index (κ2) is 7.34. The fraction of sp³-hybridized carbons (Fsp3) is 0.294. The van der Waals surface area contributed by atoms with Gasteiger partial charge in [0.05, 0.1) is 7.11 Å². The van der Waals surface area contributed by atoms with Crippen LogP contribution in [-0.2, 0) is 6.42 Å². The molecule has 0 bridgehead atoms. The van der Waals surface area contributed by atoms with Crippen LogP contribution in [-0.4, -0.2) is 13.7 Å². The molecule has 0 aromatic heterocycles. The van der Waals surface area contributed by atoms with Gasteiger partial charge in [-0.05, 0) is 30.2 Å². The van der Waals surface area contributed by atoms with Gasteiger partial charge in [-0.1, -0.05) is 42.8 Å². The molecule has 0 saturated carbocycles. The molecule has 0 spiro atoms. The lowest BCUT2D eigenvalue weighted by Crippen LogP contribution is -2.19. The van der Waals surface area contributed by atoms with Gasteiger partial charge < -0.3 is 15.2 Å². The number of halogens is 1. The number of ether oxygens (including phenoxy) is 2. The Bertz CT molecular complexity index is 601. The molecule has 2 N–H and O–H groups in total. The van der Waals surface area contributed by atoms with Crippen molar-refractivity contribution >= 4 is 11.6 Å². The van der Waals surface area contributed by atoms with Gasteiger partial charge in [-0.3, -0.25) is 0 Å². The molecule has 21 heavy (non-hydrogen) atoms. The van der Waals surface area contributed by atoms with E-state index in [2.05, 4.69) is 6.92 Å². The lowest BCUT2D eigenvalue weighted by atomic mass is 10.1. The van der Waals surface area contributed by atoms with Crippen LogP contribution >= 0.6 is 11.6 Å². The van der Waals surface area contributed by atoms with Gasteiger partial charge in [-0.25, -0.2) is 0 Å². The van der Waals surface area contributed by atoms with Crippen molar-refractivity contribution in [1.29, 1.82) is 0 Å². The van der Waals surface area contributed by atoms with E-state index < -0.39 is 0 Å². The van der Waals surface area contributed by atoms with Gasteiger partial charge in [-0.15, -0.1) is 0 Å². The van der Waals surface area contributed by atoms with Crippen LogP contribution < -0.4 is 15.2 Å². The summed E-state index contributed by atoms with van der Waals surface area (Å²) in [6.45, 7) is 2.43. The average molecular weight is 306 g/mol. The van der Waals surface area contributed by atoms with Gasteiger partial charge in [0, 0.05) is 17.1 Å². The van der Waals surface area contributed by atoms with Crippen LogP contribution in [0, 0.1) is 0 Å². The minimum atomic E-state index is -0.305. The van der Waals surface area contributed by atoms with Crippen LogP contribution in [0.1, 0.15) is 24.2 Å². The maximum Gasteiger partial charge on any atom is 0.162 e. The molecule has 2 rings (SSSR count). The minimum Gasteiger partial charge on any atom is -0.493 e. The van der Waals surface area contributed by atoms with Gasteiger partial charge >= 0.3 is 0 Å². The van der Waals surface area contributed by atoms with Crippen molar-refractivity contribution < 1.29 is 9.47 Å². The summed E-state index contributed by atoms with van der Waals surface area (Å²) in [5, 5.41) is 0.650. The summed E-state index contributed by atoms with van der Waals surface area (Å²) in [5.74, 6) is 1.38. The summed E-state index contributed by atoms with van der Waals surface area (Å²) in [6, 6.07) is 13.5. The molecule has 0 aliphatic heterocycles. The molecule has 1 atom stereocenters. The van der Waals surface area contributed by atoms with Crippen LogP contribution in [0.5, 0.6) is 11.5 Å². The molecular weight excluding hydrogens is 286 g/mol. The highest BCUT2D eigenvalue weighted by atomic mass is 35.5. The predicted octanol–water partition coefficient (Wildman–Crippen LogP) is 3.99. The molecule has 0 aliphatic rings. The molecule has 112 valence electrons. The molecule has 0 amide bonds. The first-order valence-corrected chi connectivity index (χ1v) is 7.35. The maximum absolute atomic E-state index is 6.22.